The largest absolute Gasteiger partial charge is 0.469 e. The van der Waals surface area contributed by atoms with Crippen molar-refractivity contribution in [1.82, 2.24) is 4.90 Å². The van der Waals surface area contributed by atoms with E-state index in [0.29, 0.717) is 13.1 Å². The molecule has 0 bridgehead atoms. The first kappa shape index (κ1) is 16.0. The van der Waals surface area contributed by atoms with Gasteiger partial charge in [-0.05, 0) is 44.4 Å². The molecule has 1 saturated heterocycles. The molecule has 1 fully saturated rings. The fraction of sp³-hybridized carbons (Fsp3) is 0.588. The van der Waals surface area contributed by atoms with Gasteiger partial charge >= 0.3 is 5.97 Å². The molecule has 21 heavy (non-hydrogen) atoms. The van der Waals surface area contributed by atoms with Crippen LogP contribution in [0.1, 0.15) is 35.6 Å². The zero-order valence-corrected chi connectivity index (χ0v) is 13.1. The predicted octanol–water partition coefficient (Wildman–Crippen LogP) is 2.22. The summed E-state index contributed by atoms with van der Waals surface area (Å²) in [6.07, 6.45) is 1.34. The fourth-order valence-corrected chi connectivity index (χ4v) is 3.04. The third-order valence-electron chi connectivity index (χ3n) is 4.26. The van der Waals surface area contributed by atoms with Crippen molar-refractivity contribution in [3.63, 3.8) is 0 Å². The van der Waals surface area contributed by atoms with Gasteiger partial charge in [0, 0.05) is 13.1 Å². The van der Waals surface area contributed by atoms with Gasteiger partial charge in [0.15, 0.2) is 0 Å². The summed E-state index contributed by atoms with van der Waals surface area (Å²) >= 11 is 0. The van der Waals surface area contributed by atoms with E-state index in [1.807, 2.05) is 26.0 Å². The van der Waals surface area contributed by atoms with E-state index in [2.05, 4.69) is 11.0 Å². The summed E-state index contributed by atoms with van der Waals surface area (Å²) in [7, 11) is 1.44. The molecule has 0 saturated carbocycles. The van der Waals surface area contributed by atoms with E-state index in [9.17, 15) is 9.90 Å². The normalized spacial score (nSPS) is 21.0. The molecule has 2 atom stereocenters. The van der Waals surface area contributed by atoms with Crippen molar-refractivity contribution in [2.24, 2.45) is 5.92 Å². The first-order chi connectivity index (χ1) is 10.0. The summed E-state index contributed by atoms with van der Waals surface area (Å²) < 4.78 is 4.83. The van der Waals surface area contributed by atoms with Crippen molar-refractivity contribution in [2.75, 3.05) is 26.7 Å². The number of methoxy groups -OCH3 is 1. The van der Waals surface area contributed by atoms with Gasteiger partial charge < -0.3 is 9.84 Å². The van der Waals surface area contributed by atoms with Gasteiger partial charge in [-0.1, -0.05) is 23.8 Å². The maximum absolute atomic E-state index is 11.7. The van der Waals surface area contributed by atoms with Crippen LogP contribution >= 0.6 is 0 Å². The van der Waals surface area contributed by atoms with Crippen LogP contribution < -0.4 is 0 Å². The Bertz CT molecular complexity index is 501. The molecule has 2 unspecified atom stereocenters. The van der Waals surface area contributed by atoms with E-state index < -0.39 is 6.10 Å². The summed E-state index contributed by atoms with van der Waals surface area (Å²) in [5.74, 6) is -0.199. The van der Waals surface area contributed by atoms with Crippen LogP contribution in [0.25, 0.3) is 0 Å². The summed E-state index contributed by atoms with van der Waals surface area (Å²) in [4.78, 5) is 13.8. The van der Waals surface area contributed by atoms with Crippen LogP contribution in [-0.2, 0) is 9.53 Å². The Hall–Kier alpha value is -1.39. The number of aliphatic hydroxyl groups excluding tert-OH is 1. The van der Waals surface area contributed by atoms with Crippen molar-refractivity contribution in [3.05, 3.63) is 34.9 Å². The number of carbonyl (C=O) groups is 1. The Labute approximate surface area is 126 Å². The highest BCUT2D eigenvalue weighted by atomic mass is 16.5. The van der Waals surface area contributed by atoms with Crippen LogP contribution in [0.2, 0.25) is 0 Å². The number of β-amino-alcohol motifs (C(OH)–C–C–N with tert-alkyl or cyclic N) is 1. The number of piperidine rings is 1. The van der Waals surface area contributed by atoms with Crippen LogP contribution in [0.3, 0.4) is 0 Å². The van der Waals surface area contributed by atoms with Gasteiger partial charge in [0.05, 0.1) is 19.1 Å². The molecule has 2 rings (SSSR count). The predicted molar refractivity (Wildman–Crippen MR) is 82.1 cm³/mol. The minimum Gasteiger partial charge on any atom is -0.469 e. The number of hydrogen-bond donors (Lipinski definition) is 1. The second-order valence-corrected chi connectivity index (χ2v) is 6.00. The highest BCUT2D eigenvalue weighted by molar-refractivity contribution is 5.72. The van der Waals surface area contributed by atoms with Crippen LogP contribution in [0.15, 0.2) is 18.2 Å². The molecule has 0 spiro atoms. The van der Waals surface area contributed by atoms with E-state index in [4.69, 9.17) is 4.74 Å². The van der Waals surface area contributed by atoms with Gasteiger partial charge in [-0.2, -0.15) is 0 Å². The smallest absolute Gasteiger partial charge is 0.309 e. The van der Waals surface area contributed by atoms with E-state index in [1.54, 1.807) is 0 Å². The number of carbonyl (C=O) groups excluding carboxylic acids is 1. The Morgan fingerprint density at radius 3 is 2.95 bits per heavy atom. The van der Waals surface area contributed by atoms with E-state index in [1.165, 1.54) is 7.11 Å². The van der Waals surface area contributed by atoms with Gasteiger partial charge in [-0.3, -0.25) is 9.69 Å². The molecular weight excluding hydrogens is 266 g/mol. The Balaban J connectivity index is 2.00. The van der Waals surface area contributed by atoms with Gasteiger partial charge in [-0.15, -0.1) is 0 Å². The van der Waals surface area contributed by atoms with Crippen molar-refractivity contribution < 1.29 is 14.6 Å². The number of likely N-dealkylation sites (tertiary alicyclic amines) is 1. The third kappa shape index (κ3) is 4.05. The van der Waals surface area contributed by atoms with Crippen molar-refractivity contribution in [1.29, 1.82) is 0 Å². The number of aryl methyl sites for hydroxylation is 2. The lowest BCUT2D eigenvalue weighted by Gasteiger charge is -2.33. The highest BCUT2D eigenvalue weighted by Gasteiger charge is 2.27. The molecular formula is C17H25NO3. The molecule has 0 radical (unpaired) electrons. The van der Waals surface area contributed by atoms with Gasteiger partial charge in [0.25, 0.3) is 0 Å². The molecule has 1 aromatic rings. The topological polar surface area (TPSA) is 49.8 Å². The number of esters is 1. The summed E-state index contributed by atoms with van der Waals surface area (Å²) in [5, 5.41) is 10.5. The van der Waals surface area contributed by atoms with E-state index in [0.717, 1.165) is 36.1 Å². The van der Waals surface area contributed by atoms with Crippen LogP contribution in [-0.4, -0.2) is 42.7 Å². The SMILES string of the molecule is COC(=O)C1CCCN(CC(O)c2cc(C)ccc2C)C1. The molecule has 4 heteroatoms. The highest BCUT2D eigenvalue weighted by Crippen LogP contribution is 2.23. The van der Waals surface area contributed by atoms with Crippen LogP contribution in [0, 0.1) is 19.8 Å². The van der Waals surface area contributed by atoms with E-state index >= 15 is 0 Å². The number of hydrogen-bond acceptors (Lipinski definition) is 4. The average molecular weight is 291 g/mol. The van der Waals surface area contributed by atoms with Crippen molar-refractivity contribution >= 4 is 5.97 Å². The lowest BCUT2D eigenvalue weighted by Crippen LogP contribution is -2.41. The van der Waals surface area contributed by atoms with Crippen molar-refractivity contribution in [2.45, 2.75) is 32.8 Å². The van der Waals surface area contributed by atoms with E-state index in [-0.39, 0.29) is 11.9 Å². The Morgan fingerprint density at radius 1 is 1.48 bits per heavy atom. The molecule has 4 nitrogen and oxygen atoms in total. The van der Waals surface area contributed by atoms with Crippen molar-refractivity contribution in [3.8, 4) is 0 Å². The standard InChI is InChI=1S/C17H25NO3/c1-12-6-7-13(2)15(9-12)16(19)11-18-8-4-5-14(10-18)17(20)21-3/h6-7,9,14,16,19H,4-5,8,10-11H2,1-3H3. The van der Waals surface area contributed by atoms with Gasteiger partial charge in [0.1, 0.15) is 0 Å². The molecule has 1 aromatic carbocycles. The zero-order chi connectivity index (χ0) is 15.4. The van der Waals surface area contributed by atoms with Gasteiger partial charge in [0.2, 0.25) is 0 Å². The molecule has 116 valence electrons. The summed E-state index contributed by atoms with van der Waals surface area (Å²) in [6, 6.07) is 6.14. The van der Waals surface area contributed by atoms with Crippen LogP contribution in [0.5, 0.6) is 0 Å². The van der Waals surface area contributed by atoms with Gasteiger partial charge in [-0.25, -0.2) is 0 Å². The maximum atomic E-state index is 11.7. The molecule has 1 heterocycles. The monoisotopic (exact) mass is 291 g/mol. The molecule has 1 aliphatic rings. The minimum absolute atomic E-state index is 0.0606. The molecule has 0 amide bonds. The third-order valence-corrected chi connectivity index (χ3v) is 4.26. The second kappa shape index (κ2) is 7.05. The molecule has 0 aromatic heterocycles. The molecule has 0 aliphatic carbocycles. The second-order valence-electron chi connectivity index (χ2n) is 6.00. The Morgan fingerprint density at radius 2 is 2.24 bits per heavy atom. The first-order valence-electron chi connectivity index (χ1n) is 7.56. The first-order valence-corrected chi connectivity index (χ1v) is 7.56. The summed E-state index contributed by atoms with van der Waals surface area (Å²) in [5.41, 5.74) is 3.24. The zero-order valence-electron chi connectivity index (χ0n) is 13.1. The molecule has 1 N–H and O–H groups in total. The maximum Gasteiger partial charge on any atom is 0.309 e. The summed E-state index contributed by atoms with van der Waals surface area (Å²) in [6.45, 7) is 6.22. The number of aliphatic hydroxyl groups is 1. The quantitative estimate of drug-likeness (QED) is 0.864. The average Bonchev–Trinajstić information content (AvgIpc) is 2.49. The minimum atomic E-state index is -0.513. The molecule has 1 aliphatic heterocycles. The number of ether oxygens (including phenoxy) is 1. The number of rotatable bonds is 4. The number of benzene rings is 1. The van der Waals surface area contributed by atoms with Crippen LogP contribution in [0.4, 0.5) is 0 Å². The fourth-order valence-electron chi connectivity index (χ4n) is 3.04. The lowest BCUT2D eigenvalue weighted by atomic mass is 9.96. The Kier molecular flexibility index (Phi) is 5.37. The lowest BCUT2D eigenvalue weighted by molar-refractivity contribution is -0.147. The number of nitrogens with zero attached hydrogens (tertiary/aromatic N) is 1.